The molecule has 1 aromatic carbocycles. The molecule has 2 atom stereocenters. The smallest absolute Gasteiger partial charge is 0.338 e. The lowest BCUT2D eigenvalue weighted by Crippen LogP contribution is -2.19. The van der Waals surface area contributed by atoms with Gasteiger partial charge in [0.05, 0.1) is 17.8 Å². The standard InChI is InChI=1S/C14H19NO3/c1-9-7-11(15)4-6-13(9)14(16)17-8-12-5-3-10(2)18-12/h4,6-7,10,12H,3,5,8,15H2,1-2H3. The van der Waals surface area contributed by atoms with Gasteiger partial charge in [-0.2, -0.15) is 0 Å². The molecular weight excluding hydrogens is 230 g/mol. The number of anilines is 1. The van der Waals surface area contributed by atoms with E-state index in [1.807, 2.05) is 13.8 Å². The first-order valence-electron chi connectivity index (χ1n) is 6.25. The number of nitrogen functional groups attached to an aromatic ring is 1. The summed E-state index contributed by atoms with van der Waals surface area (Å²) in [6, 6.07) is 5.17. The van der Waals surface area contributed by atoms with E-state index in [1.54, 1.807) is 18.2 Å². The van der Waals surface area contributed by atoms with Crippen LogP contribution in [0, 0.1) is 6.92 Å². The lowest BCUT2D eigenvalue weighted by molar-refractivity contribution is -0.00270. The van der Waals surface area contributed by atoms with Crippen LogP contribution in [0.1, 0.15) is 35.7 Å². The molecule has 18 heavy (non-hydrogen) atoms. The first kappa shape index (κ1) is 12.9. The van der Waals surface area contributed by atoms with Gasteiger partial charge in [-0.25, -0.2) is 4.79 Å². The summed E-state index contributed by atoms with van der Waals surface area (Å²) in [7, 11) is 0. The molecule has 2 rings (SSSR count). The number of carbonyl (C=O) groups excluding carboxylic acids is 1. The Morgan fingerprint density at radius 2 is 2.28 bits per heavy atom. The van der Waals surface area contributed by atoms with Crippen molar-refractivity contribution in [2.75, 3.05) is 12.3 Å². The maximum absolute atomic E-state index is 11.9. The third kappa shape index (κ3) is 3.01. The highest BCUT2D eigenvalue weighted by Crippen LogP contribution is 2.20. The Hall–Kier alpha value is -1.55. The van der Waals surface area contributed by atoms with E-state index in [-0.39, 0.29) is 18.2 Å². The van der Waals surface area contributed by atoms with Gasteiger partial charge in [-0.05, 0) is 50.5 Å². The summed E-state index contributed by atoms with van der Waals surface area (Å²) < 4.78 is 10.9. The molecule has 0 aromatic heterocycles. The molecule has 1 fully saturated rings. The highest BCUT2D eigenvalue weighted by Gasteiger charge is 2.23. The van der Waals surface area contributed by atoms with Crippen molar-refractivity contribution in [3.8, 4) is 0 Å². The highest BCUT2D eigenvalue weighted by molar-refractivity contribution is 5.91. The van der Waals surface area contributed by atoms with Gasteiger partial charge in [0.2, 0.25) is 0 Å². The van der Waals surface area contributed by atoms with Crippen molar-refractivity contribution in [2.45, 2.75) is 38.9 Å². The highest BCUT2D eigenvalue weighted by atomic mass is 16.6. The molecule has 98 valence electrons. The average Bonchev–Trinajstić information content (AvgIpc) is 2.72. The van der Waals surface area contributed by atoms with Gasteiger partial charge < -0.3 is 15.2 Å². The Labute approximate surface area is 107 Å². The van der Waals surface area contributed by atoms with Crippen molar-refractivity contribution >= 4 is 11.7 Å². The van der Waals surface area contributed by atoms with Gasteiger partial charge in [-0.1, -0.05) is 0 Å². The average molecular weight is 249 g/mol. The minimum Gasteiger partial charge on any atom is -0.459 e. The fourth-order valence-electron chi connectivity index (χ4n) is 2.17. The minimum atomic E-state index is -0.310. The Balaban J connectivity index is 1.91. The molecule has 0 aliphatic carbocycles. The van der Waals surface area contributed by atoms with Crippen LogP contribution in [0.15, 0.2) is 18.2 Å². The van der Waals surface area contributed by atoms with Crippen molar-refractivity contribution in [3.63, 3.8) is 0 Å². The second kappa shape index (κ2) is 5.40. The van der Waals surface area contributed by atoms with E-state index in [0.29, 0.717) is 17.9 Å². The van der Waals surface area contributed by atoms with Crippen LogP contribution in [-0.4, -0.2) is 24.8 Å². The van der Waals surface area contributed by atoms with Crippen LogP contribution < -0.4 is 5.73 Å². The van der Waals surface area contributed by atoms with Gasteiger partial charge >= 0.3 is 5.97 Å². The molecule has 4 nitrogen and oxygen atoms in total. The summed E-state index contributed by atoms with van der Waals surface area (Å²) in [6.45, 7) is 4.21. The minimum absolute atomic E-state index is 0.0398. The molecule has 0 amide bonds. The predicted molar refractivity (Wildman–Crippen MR) is 69.4 cm³/mol. The van der Waals surface area contributed by atoms with Crippen LogP contribution in [0.3, 0.4) is 0 Å². The van der Waals surface area contributed by atoms with Crippen LogP contribution in [0.2, 0.25) is 0 Å². The zero-order chi connectivity index (χ0) is 13.1. The quantitative estimate of drug-likeness (QED) is 0.659. The number of esters is 1. The number of rotatable bonds is 3. The molecular formula is C14H19NO3. The van der Waals surface area contributed by atoms with E-state index in [9.17, 15) is 4.79 Å². The Kier molecular flexibility index (Phi) is 3.87. The normalized spacial score (nSPS) is 23.0. The SMILES string of the molecule is Cc1cc(N)ccc1C(=O)OCC1CCC(C)O1. The summed E-state index contributed by atoms with van der Waals surface area (Å²) in [5, 5.41) is 0. The summed E-state index contributed by atoms with van der Waals surface area (Å²) in [5.41, 5.74) is 7.69. The Morgan fingerprint density at radius 1 is 1.50 bits per heavy atom. The van der Waals surface area contributed by atoms with Gasteiger partial charge in [0.25, 0.3) is 0 Å². The van der Waals surface area contributed by atoms with Gasteiger partial charge in [0, 0.05) is 5.69 Å². The zero-order valence-corrected chi connectivity index (χ0v) is 10.8. The maximum Gasteiger partial charge on any atom is 0.338 e. The van der Waals surface area contributed by atoms with E-state index in [1.165, 1.54) is 0 Å². The molecule has 1 aliphatic rings. The van der Waals surface area contributed by atoms with E-state index in [2.05, 4.69) is 0 Å². The number of ether oxygens (including phenoxy) is 2. The molecule has 1 aliphatic heterocycles. The first-order valence-corrected chi connectivity index (χ1v) is 6.25. The molecule has 0 bridgehead atoms. The number of aryl methyl sites for hydroxylation is 1. The number of hydrogen-bond donors (Lipinski definition) is 1. The van der Waals surface area contributed by atoms with Crippen molar-refractivity contribution in [1.82, 2.24) is 0 Å². The van der Waals surface area contributed by atoms with Crippen LogP contribution in [0.25, 0.3) is 0 Å². The number of benzene rings is 1. The van der Waals surface area contributed by atoms with E-state index in [4.69, 9.17) is 15.2 Å². The summed E-state index contributed by atoms with van der Waals surface area (Å²) in [4.78, 5) is 11.9. The lowest BCUT2D eigenvalue weighted by atomic mass is 10.1. The number of nitrogens with two attached hydrogens (primary N) is 1. The molecule has 2 unspecified atom stereocenters. The number of carbonyl (C=O) groups is 1. The molecule has 1 heterocycles. The molecule has 0 saturated carbocycles. The second-order valence-electron chi connectivity index (χ2n) is 4.82. The summed E-state index contributed by atoms with van der Waals surface area (Å²) in [6.07, 6.45) is 2.29. The molecule has 0 radical (unpaired) electrons. The Morgan fingerprint density at radius 3 is 2.89 bits per heavy atom. The van der Waals surface area contributed by atoms with Gasteiger partial charge in [0.1, 0.15) is 6.61 Å². The van der Waals surface area contributed by atoms with Crippen LogP contribution in [-0.2, 0) is 9.47 Å². The van der Waals surface area contributed by atoms with Crippen molar-refractivity contribution in [3.05, 3.63) is 29.3 Å². The van der Waals surface area contributed by atoms with E-state index < -0.39 is 0 Å². The lowest BCUT2D eigenvalue weighted by Gasteiger charge is -2.12. The molecule has 1 saturated heterocycles. The predicted octanol–water partition coefficient (Wildman–Crippen LogP) is 2.30. The van der Waals surface area contributed by atoms with Gasteiger partial charge in [-0.3, -0.25) is 0 Å². The second-order valence-corrected chi connectivity index (χ2v) is 4.82. The van der Waals surface area contributed by atoms with Gasteiger partial charge in [0.15, 0.2) is 0 Å². The third-order valence-electron chi connectivity index (χ3n) is 3.19. The van der Waals surface area contributed by atoms with E-state index in [0.717, 1.165) is 18.4 Å². The van der Waals surface area contributed by atoms with Crippen LogP contribution >= 0.6 is 0 Å². The largest absolute Gasteiger partial charge is 0.459 e. The first-order chi connectivity index (χ1) is 8.56. The maximum atomic E-state index is 11.9. The van der Waals surface area contributed by atoms with E-state index >= 15 is 0 Å². The van der Waals surface area contributed by atoms with Gasteiger partial charge in [-0.15, -0.1) is 0 Å². The molecule has 0 spiro atoms. The fourth-order valence-corrected chi connectivity index (χ4v) is 2.17. The topological polar surface area (TPSA) is 61.6 Å². The summed E-state index contributed by atoms with van der Waals surface area (Å²) >= 11 is 0. The monoisotopic (exact) mass is 249 g/mol. The van der Waals surface area contributed by atoms with Crippen molar-refractivity contribution in [2.24, 2.45) is 0 Å². The molecule has 1 aromatic rings. The van der Waals surface area contributed by atoms with Crippen molar-refractivity contribution in [1.29, 1.82) is 0 Å². The molecule has 4 heteroatoms. The fraction of sp³-hybridized carbons (Fsp3) is 0.500. The molecule has 2 N–H and O–H groups in total. The van der Waals surface area contributed by atoms with Crippen molar-refractivity contribution < 1.29 is 14.3 Å². The summed E-state index contributed by atoms with van der Waals surface area (Å²) in [5.74, 6) is -0.310. The zero-order valence-electron chi connectivity index (χ0n) is 10.8. The van der Waals surface area contributed by atoms with Crippen LogP contribution in [0.4, 0.5) is 5.69 Å². The third-order valence-corrected chi connectivity index (χ3v) is 3.19. The number of hydrogen-bond acceptors (Lipinski definition) is 4. The van der Waals surface area contributed by atoms with Crippen LogP contribution in [0.5, 0.6) is 0 Å². The Bertz CT molecular complexity index is 445.